The summed E-state index contributed by atoms with van der Waals surface area (Å²) in [7, 11) is 0. The number of halogens is 1. The summed E-state index contributed by atoms with van der Waals surface area (Å²) in [4.78, 5) is 35.8. The second-order valence-electron chi connectivity index (χ2n) is 5.93. The molecule has 0 fully saturated rings. The van der Waals surface area contributed by atoms with E-state index in [-0.39, 0.29) is 6.54 Å². The van der Waals surface area contributed by atoms with Crippen molar-refractivity contribution in [2.45, 2.75) is 0 Å². The molecule has 3 aromatic carbocycles. The van der Waals surface area contributed by atoms with Gasteiger partial charge in [-0.1, -0.05) is 48.0 Å². The number of nitrogens with one attached hydrogen (secondary N) is 2. The van der Waals surface area contributed by atoms with Crippen LogP contribution in [-0.4, -0.2) is 30.9 Å². The van der Waals surface area contributed by atoms with Gasteiger partial charge in [-0.2, -0.15) is 0 Å². The van der Waals surface area contributed by atoms with E-state index in [0.29, 0.717) is 16.3 Å². The predicted octanol–water partition coefficient (Wildman–Crippen LogP) is 3.40. The molecule has 0 unspecified atom stereocenters. The molecule has 0 bridgehead atoms. The van der Waals surface area contributed by atoms with Gasteiger partial charge in [0.05, 0.1) is 0 Å². The van der Waals surface area contributed by atoms with Crippen molar-refractivity contribution in [3.63, 3.8) is 0 Å². The van der Waals surface area contributed by atoms with Crippen molar-refractivity contribution in [3.8, 4) is 0 Å². The highest BCUT2D eigenvalue weighted by atomic mass is 35.5. The van der Waals surface area contributed by atoms with Crippen LogP contribution in [0.5, 0.6) is 0 Å². The SMILES string of the molecule is O=C(COC(=O)CNC(=O)c1ccc(Cl)cc1)Nc1cccc2ccccc12. The third kappa shape index (κ3) is 5.08. The molecule has 3 aromatic rings. The number of carbonyl (C=O) groups is 3. The summed E-state index contributed by atoms with van der Waals surface area (Å²) in [6, 6.07) is 19.4. The molecule has 0 saturated carbocycles. The van der Waals surface area contributed by atoms with Crippen LogP contribution in [0.15, 0.2) is 66.7 Å². The molecule has 28 heavy (non-hydrogen) atoms. The molecule has 6 nitrogen and oxygen atoms in total. The Bertz CT molecular complexity index is 1010. The fourth-order valence-electron chi connectivity index (χ4n) is 2.57. The third-order valence-corrected chi connectivity index (χ3v) is 4.18. The molecule has 0 aliphatic heterocycles. The van der Waals surface area contributed by atoms with E-state index < -0.39 is 24.4 Å². The molecule has 0 saturated heterocycles. The highest BCUT2D eigenvalue weighted by Crippen LogP contribution is 2.22. The number of anilines is 1. The number of fused-ring (bicyclic) bond motifs is 1. The number of rotatable bonds is 6. The fourth-order valence-corrected chi connectivity index (χ4v) is 2.70. The van der Waals surface area contributed by atoms with Gasteiger partial charge in [-0.15, -0.1) is 0 Å². The summed E-state index contributed by atoms with van der Waals surface area (Å²) in [6.07, 6.45) is 0. The topological polar surface area (TPSA) is 84.5 Å². The van der Waals surface area contributed by atoms with Crippen molar-refractivity contribution in [1.29, 1.82) is 0 Å². The van der Waals surface area contributed by atoms with Crippen molar-refractivity contribution in [2.24, 2.45) is 0 Å². The minimum absolute atomic E-state index is 0.344. The number of hydrogen-bond acceptors (Lipinski definition) is 4. The lowest BCUT2D eigenvalue weighted by molar-refractivity contribution is -0.146. The molecule has 0 aliphatic rings. The van der Waals surface area contributed by atoms with E-state index in [9.17, 15) is 14.4 Å². The number of ether oxygens (including phenoxy) is 1. The number of benzene rings is 3. The summed E-state index contributed by atoms with van der Waals surface area (Å²) in [5.41, 5.74) is 1.00. The van der Waals surface area contributed by atoms with Crippen LogP contribution < -0.4 is 10.6 Å². The van der Waals surface area contributed by atoms with E-state index >= 15 is 0 Å². The molecule has 7 heteroatoms. The molecule has 142 valence electrons. The van der Waals surface area contributed by atoms with Gasteiger partial charge < -0.3 is 15.4 Å². The van der Waals surface area contributed by atoms with Gasteiger partial charge >= 0.3 is 5.97 Å². The largest absolute Gasteiger partial charge is 0.454 e. The number of esters is 1. The van der Waals surface area contributed by atoms with Gasteiger partial charge in [-0.05, 0) is 35.7 Å². The zero-order valence-electron chi connectivity index (χ0n) is 14.8. The van der Waals surface area contributed by atoms with Crippen LogP contribution >= 0.6 is 11.6 Å². The summed E-state index contributed by atoms with van der Waals surface area (Å²) >= 11 is 5.76. The minimum Gasteiger partial charge on any atom is -0.454 e. The standard InChI is InChI=1S/C21H17ClN2O4/c22-16-10-8-15(9-11-16)21(27)23-12-20(26)28-13-19(25)24-18-7-3-5-14-4-1-2-6-17(14)18/h1-11H,12-13H2,(H,23,27)(H,24,25). The lowest BCUT2D eigenvalue weighted by Crippen LogP contribution is -2.32. The molecule has 2 N–H and O–H groups in total. The average Bonchev–Trinajstić information content (AvgIpc) is 2.71. The van der Waals surface area contributed by atoms with E-state index in [1.54, 1.807) is 30.3 Å². The molecule has 0 heterocycles. The van der Waals surface area contributed by atoms with Gasteiger partial charge in [-0.3, -0.25) is 14.4 Å². The highest BCUT2D eigenvalue weighted by molar-refractivity contribution is 6.30. The lowest BCUT2D eigenvalue weighted by Gasteiger charge is -2.09. The zero-order valence-corrected chi connectivity index (χ0v) is 15.5. The van der Waals surface area contributed by atoms with Crippen LogP contribution in [0.3, 0.4) is 0 Å². The Labute approximate surface area is 166 Å². The quantitative estimate of drug-likeness (QED) is 0.625. The first kappa shape index (κ1) is 19.4. The zero-order chi connectivity index (χ0) is 19.9. The summed E-state index contributed by atoms with van der Waals surface area (Å²) in [5.74, 6) is -1.61. The van der Waals surface area contributed by atoms with E-state index in [1.807, 2.05) is 36.4 Å². The summed E-state index contributed by atoms with van der Waals surface area (Å²) < 4.78 is 4.91. The first-order chi connectivity index (χ1) is 13.5. The fraction of sp³-hybridized carbons (Fsp3) is 0.0952. The molecule has 0 radical (unpaired) electrons. The Balaban J connectivity index is 1.47. The molecule has 0 aliphatic carbocycles. The van der Waals surface area contributed by atoms with Crippen LogP contribution in [0.25, 0.3) is 10.8 Å². The van der Waals surface area contributed by atoms with Crippen LogP contribution in [0.1, 0.15) is 10.4 Å². The van der Waals surface area contributed by atoms with E-state index in [1.165, 1.54) is 0 Å². The normalized spacial score (nSPS) is 10.3. The molecule has 3 rings (SSSR count). The lowest BCUT2D eigenvalue weighted by atomic mass is 10.1. The first-order valence-electron chi connectivity index (χ1n) is 8.50. The van der Waals surface area contributed by atoms with Crippen LogP contribution in [-0.2, 0) is 14.3 Å². The Hall–Kier alpha value is -3.38. The van der Waals surface area contributed by atoms with Crippen molar-refractivity contribution in [1.82, 2.24) is 5.32 Å². The van der Waals surface area contributed by atoms with Gasteiger partial charge in [0.15, 0.2) is 6.61 Å². The number of carbonyl (C=O) groups excluding carboxylic acids is 3. The van der Waals surface area contributed by atoms with Gasteiger partial charge in [0.2, 0.25) is 0 Å². The van der Waals surface area contributed by atoms with E-state index in [0.717, 1.165) is 10.8 Å². The maximum Gasteiger partial charge on any atom is 0.325 e. The van der Waals surface area contributed by atoms with Crippen LogP contribution in [0.2, 0.25) is 5.02 Å². The Morgan fingerprint density at radius 2 is 1.61 bits per heavy atom. The number of amides is 2. The molecule has 0 spiro atoms. The van der Waals surface area contributed by atoms with E-state index in [4.69, 9.17) is 16.3 Å². The van der Waals surface area contributed by atoms with Gasteiger partial charge in [0, 0.05) is 21.7 Å². The minimum atomic E-state index is -0.713. The maximum absolute atomic E-state index is 12.1. The Morgan fingerprint density at radius 1 is 0.893 bits per heavy atom. The van der Waals surface area contributed by atoms with Crippen LogP contribution in [0.4, 0.5) is 5.69 Å². The maximum atomic E-state index is 12.1. The van der Waals surface area contributed by atoms with Gasteiger partial charge in [0.25, 0.3) is 11.8 Å². The van der Waals surface area contributed by atoms with E-state index in [2.05, 4.69) is 10.6 Å². The van der Waals surface area contributed by atoms with Gasteiger partial charge in [-0.25, -0.2) is 0 Å². The smallest absolute Gasteiger partial charge is 0.325 e. The monoisotopic (exact) mass is 396 g/mol. The Morgan fingerprint density at radius 3 is 2.39 bits per heavy atom. The molecule has 0 aromatic heterocycles. The molecule has 2 amide bonds. The van der Waals surface area contributed by atoms with Gasteiger partial charge in [0.1, 0.15) is 6.54 Å². The molecular formula is C21H17ClN2O4. The molecule has 0 atom stereocenters. The second-order valence-corrected chi connectivity index (χ2v) is 6.36. The number of hydrogen-bond donors (Lipinski definition) is 2. The first-order valence-corrected chi connectivity index (χ1v) is 8.88. The van der Waals surface area contributed by atoms with Crippen molar-refractivity contribution in [2.75, 3.05) is 18.5 Å². The summed E-state index contributed by atoms with van der Waals surface area (Å²) in [6.45, 7) is -0.790. The second kappa shape index (κ2) is 9.01. The average molecular weight is 397 g/mol. The Kier molecular flexibility index (Phi) is 6.24. The van der Waals surface area contributed by atoms with Crippen LogP contribution in [0, 0.1) is 0 Å². The van der Waals surface area contributed by atoms with Crippen molar-refractivity contribution in [3.05, 3.63) is 77.3 Å². The predicted molar refractivity (Wildman–Crippen MR) is 107 cm³/mol. The summed E-state index contributed by atoms with van der Waals surface area (Å²) in [5, 5.41) is 7.53. The van der Waals surface area contributed by atoms with Crippen molar-refractivity contribution >= 4 is 45.8 Å². The highest BCUT2D eigenvalue weighted by Gasteiger charge is 2.12. The molecular weight excluding hydrogens is 380 g/mol. The third-order valence-electron chi connectivity index (χ3n) is 3.93. The van der Waals surface area contributed by atoms with Crippen molar-refractivity contribution < 1.29 is 19.1 Å².